The maximum absolute atomic E-state index is 12.9. The number of aromatic nitrogens is 5. The monoisotopic (exact) mass is 306 g/mol. The van der Waals surface area contributed by atoms with Gasteiger partial charge in [-0.3, -0.25) is 0 Å². The Labute approximate surface area is 123 Å². The highest BCUT2D eigenvalue weighted by molar-refractivity contribution is 7.98. The molecule has 3 aromatic rings. The molecule has 2 aromatic heterocycles. The predicted octanol–water partition coefficient (Wildman–Crippen LogP) is 1.78. The van der Waals surface area contributed by atoms with Crippen LogP contribution in [-0.4, -0.2) is 25.1 Å². The van der Waals surface area contributed by atoms with Gasteiger partial charge in [0.1, 0.15) is 5.82 Å². The molecule has 21 heavy (non-hydrogen) atoms. The van der Waals surface area contributed by atoms with Crippen molar-refractivity contribution in [3.8, 4) is 11.4 Å². The molecule has 0 unspecified atom stereocenters. The number of thioether (sulfide) groups is 1. The zero-order valence-electron chi connectivity index (χ0n) is 11.0. The van der Waals surface area contributed by atoms with E-state index in [2.05, 4.69) is 20.4 Å². The van der Waals surface area contributed by atoms with E-state index in [0.29, 0.717) is 34.1 Å². The largest absolute Gasteiger partial charge is 0.425 e. The number of nitrogens with zero attached hydrogens (tertiary/aromatic N) is 5. The summed E-state index contributed by atoms with van der Waals surface area (Å²) < 4.78 is 19.5. The van der Waals surface area contributed by atoms with Crippen LogP contribution >= 0.6 is 11.8 Å². The van der Waals surface area contributed by atoms with Crippen molar-refractivity contribution in [2.75, 3.05) is 5.84 Å². The molecule has 1 aromatic carbocycles. The highest BCUT2D eigenvalue weighted by Crippen LogP contribution is 2.24. The minimum Gasteiger partial charge on any atom is -0.425 e. The standard InChI is InChI=1S/C12H11FN6OS/c1-7-15-16-10(20-7)6-21-12-18-17-11(19(12)14)8-2-4-9(13)5-3-8/h2-5H,6,14H2,1H3. The average molecular weight is 306 g/mol. The minimum absolute atomic E-state index is 0.316. The van der Waals surface area contributed by atoms with Gasteiger partial charge in [-0.15, -0.1) is 20.4 Å². The zero-order chi connectivity index (χ0) is 14.8. The van der Waals surface area contributed by atoms with Crippen molar-refractivity contribution >= 4 is 11.8 Å². The zero-order valence-corrected chi connectivity index (χ0v) is 11.8. The summed E-state index contributed by atoms with van der Waals surface area (Å²) in [5.41, 5.74) is 0.687. The van der Waals surface area contributed by atoms with E-state index in [0.717, 1.165) is 0 Å². The van der Waals surface area contributed by atoms with Gasteiger partial charge in [-0.1, -0.05) is 11.8 Å². The molecule has 3 rings (SSSR count). The Morgan fingerprint density at radius 2 is 1.95 bits per heavy atom. The quantitative estimate of drug-likeness (QED) is 0.579. The molecule has 0 spiro atoms. The highest BCUT2D eigenvalue weighted by Gasteiger charge is 2.13. The first-order chi connectivity index (χ1) is 10.1. The number of rotatable bonds is 4. The molecular weight excluding hydrogens is 295 g/mol. The normalized spacial score (nSPS) is 11.0. The lowest BCUT2D eigenvalue weighted by Gasteiger charge is -2.02. The van der Waals surface area contributed by atoms with Crippen molar-refractivity contribution in [1.82, 2.24) is 25.1 Å². The minimum atomic E-state index is -0.316. The summed E-state index contributed by atoms with van der Waals surface area (Å²) in [6, 6.07) is 5.88. The first-order valence-electron chi connectivity index (χ1n) is 6.01. The molecule has 7 nitrogen and oxygen atoms in total. The van der Waals surface area contributed by atoms with E-state index in [1.807, 2.05) is 0 Å². The Kier molecular flexibility index (Phi) is 3.57. The van der Waals surface area contributed by atoms with Crippen molar-refractivity contribution in [1.29, 1.82) is 0 Å². The van der Waals surface area contributed by atoms with Gasteiger partial charge in [0.25, 0.3) is 0 Å². The van der Waals surface area contributed by atoms with E-state index >= 15 is 0 Å². The first-order valence-corrected chi connectivity index (χ1v) is 7.00. The Morgan fingerprint density at radius 1 is 1.19 bits per heavy atom. The van der Waals surface area contributed by atoms with Gasteiger partial charge in [0.05, 0.1) is 5.75 Å². The van der Waals surface area contributed by atoms with Crippen LogP contribution < -0.4 is 5.84 Å². The van der Waals surface area contributed by atoms with Crippen LogP contribution in [0.5, 0.6) is 0 Å². The number of halogens is 1. The molecule has 0 saturated carbocycles. The molecule has 0 amide bonds. The second kappa shape index (κ2) is 5.52. The average Bonchev–Trinajstić information content (AvgIpc) is 3.04. The van der Waals surface area contributed by atoms with Crippen molar-refractivity contribution in [3.63, 3.8) is 0 Å². The van der Waals surface area contributed by atoms with Crippen LogP contribution in [0.25, 0.3) is 11.4 Å². The Balaban J connectivity index is 1.77. The summed E-state index contributed by atoms with van der Waals surface area (Å²) in [5, 5.41) is 16.2. The number of hydrogen-bond donors (Lipinski definition) is 1. The maximum atomic E-state index is 12.9. The third-order valence-electron chi connectivity index (χ3n) is 2.66. The molecule has 0 aliphatic carbocycles. The van der Waals surface area contributed by atoms with E-state index in [4.69, 9.17) is 10.3 Å². The number of hydrogen-bond acceptors (Lipinski definition) is 7. The fourth-order valence-electron chi connectivity index (χ4n) is 1.69. The molecular formula is C12H11FN6OS. The molecule has 0 aliphatic heterocycles. The molecule has 0 radical (unpaired) electrons. The number of nitrogens with two attached hydrogens (primary N) is 1. The van der Waals surface area contributed by atoms with Gasteiger partial charge >= 0.3 is 0 Å². The molecule has 0 bridgehead atoms. The lowest BCUT2D eigenvalue weighted by Crippen LogP contribution is -2.11. The van der Waals surface area contributed by atoms with Gasteiger partial charge in [-0.05, 0) is 24.3 Å². The van der Waals surface area contributed by atoms with Crippen molar-refractivity contribution in [3.05, 3.63) is 41.9 Å². The van der Waals surface area contributed by atoms with E-state index in [1.54, 1.807) is 19.1 Å². The lowest BCUT2D eigenvalue weighted by atomic mass is 10.2. The van der Waals surface area contributed by atoms with Crippen LogP contribution in [0.4, 0.5) is 4.39 Å². The molecule has 2 heterocycles. The van der Waals surface area contributed by atoms with E-state index in [9.17, 15) is 4.39 Å². The summed E-state index contributed by atoms with van der Waals surface area (Å²) >= 11 is 1.33. The van der Waals surface area contributed by atoms with Crippen LogP contribution in [0.1, 0.15) is 11.8 Å². The third kappa shape index (κ3) is 2.87. The number of aryl methyl sites for hydroxylation is 1. The Morgan fingerprint density at radius 3 is 2.62 bits per heavy atom. The fourth-order valence-corrected chi connectivity index (χ4v) is 2.39. The molecule has 108 valence electrons. The third-order valence-corrected chi connectivity index (χ3v) is 3.59. The SMILES string of the molecule is Cc1nnc(CSc2nnc(-c3ccc(F)cc3)n2N)o1. The van der Waals surface area contributed by atoms with Gasteiger partial charge in [-0.25, -0.2) is 9.07 Å². The van der Waals surface area contributed by atoms with Gasteiger partial charge in [0.2, 0.25) is 16.9 Å². The second-order valence-corrected chi connectivity index (χ2v) is 5.13. The van der Waals surface area contributed by atoms with Crippen LogP contribution in [0, 0.1) is 12.7 Å². The molecule has 9 heteroatoms. The second-order valence-electron chi connectivity index (χ2n) is 4.19. The van der Waals surface area contributed by atoms with Crippen LogP contribution in [0.3, 0.4) is 0 Å². The fraction of sp³-hybridized carbons (Fsp3) is 0.167. The van der Waals surface area contributed by atoms with Gasteiger partial charge < -0.3 is 10.3 Å². The summed E-state index contributed by atoms with van der Waals surface area (Å²) in [6.07, 6.45) is 0. The Bertz CT molecular complexity index is 753. The van der Waals surface area contributed by atoms with Gasteiger partial charge in [0, 0.05) is 12.5 Å². The maximum Gasteiger partial charge on any atom is 0.226 e. The van der Waals surface area contributed by atoms with Crippen LogP contribution in [-0.2, 0) is 5.75 Å². The topological polar surface area (TPSA) is 95.7 Å². The molecule has 0 aliphatic rings. The summed E-state index contributed by atoms with van der Waals surface area (Å²) in [5.74, 6) is 7.53. The smallest absolute Gasteiger partial charge is 0.226 e. The predicted molar refractivity (Wildman–Crippen MR) is 74.2 cm³/mol. The lowest BCUT2D eigenvalue weighted by molar-refractivity contribution is 0.485. The van der Waals surface area contributed by atoms with Crippen molar-refractivity contribution < 1.29 is 8.81 Å². The summed E-state index contributed by atoms with van der Waals surface area (Å²) in [7, 11) is 0. The highest BCUT2D eigenvalue weighted by atomic mass is 32.2. The number of benzene rings is 1. The van der Waals surface area contributed by atoms with E-state index in [-0.39, 0.29) is 5.82 Å². The van der Waals surface area contributed by atoms with E-state index < -0.39 is 0 Å². The number of nitrogen functional groups attached to an aromatic ring is 1. The summed E-state index contributed by atoms with van der Waals surface area (Å²) in [4.78, 5) is 0. The van der Waals surface area contributed by atoms with Crippen LogP contribution in [0.2, 0.25) is 0 Å². The first kappa shape index (κ1) is 13.6. The van der Waals surface area contributed by atoms with Gasteiger partial charge in [0.15, 0.2) is 5.82 Å². The van der Waals surface area contributed by atoms with Crippen molar-refractivity contribution in [2.45, 2.75) is 17.8 Å². The molecule has 2 N–H and O–H groups in total. The van der Waals surface area contributed by atoms with E-state index in [1.165, 1.54) is 28.6 Å². The summed E-state index contributed by atoms with van der Waals surface area (Å²) in [6.45, 7) is 1.72. The molecule has 0 fully saturated rings. The van der Waals surface area contributed by atoms with Gasteiger partial charge in [-0.2, -0.15) is 0 Å². The van der Waals surface area contributed by atoms with Crippen LogP contribution in [0.15, 0.2) is 33.8 Å². The Hall–Kier alpha value is -2.42. The molecule has 0 saturated heterocycles. The van der Waals surface area contributed by atoms with Crippen molar-refractivity contribution in [2.24, 2.45) is 0 Å². The molecule has 0 atom stereocenters.